The number of hydrogen-bond acceptors (Lipinski definition) is 5. The smallest absolute Gasteiger partial charge is 0.208 e. The first kappa shape index (κ1) is 11.9. The van der Waals surface area contributed by atoms with Gasteiger partial charge in [-0.25, -0.2) is 4.98 Å². The van der Waals surface area contributed by atoms with Gasteiger partial charge >= 0.3 is 0 Å². The SMILES string of the molecule is CN(C)c1nnc(C=Cc2nc3ccccc3[nH]2)s1. The number of H-pyrrole nitrogens is 1. The van der Waals surface area contributed by atoms with Crippen molar-refractivity contribution in [2.75, 3.05) is 19.0 Å². The standard InChI is InChI=1S/C13H13N5S/c1-18(2)13-17-16-12(19-13)8-7-11-14-9-5-3-4-6-10(9)15-11/h3-8H,1-2H3,(H,14,15). The van der Waals surface area contributed by atoms with Crippen LogP contribution in [0, 0.1) is 0 Å². The van der Waals surface area contributed by atoms with E-state index in [1.807, 2.05) is 55.4 Å². The van der Waals surface area contributed by atoms with E-state index in [0.29, 0.717) is 0 Å². The molecule has 0 amide bonds. The fourth-order valence-electron chi connectivity index (χ4n) is 1.68. The summed E-state index contributed by atoms with van der Waals surface area (Å²) in [5.41, 5.74) is 2.00. The first-order valence-electron chi connectivity index (χ1n) is 5.86. The summed E-state index contributed by atoms with van der Waals surface area (Å²) in [6.07, 6.45) is 3.84. The van der Waals surface area contributed by atoms with Gasteiger partial charge in [-0.1, -0.05) is 23.5 Å². The summed E-state index contributed by atoms with van der Waals surface area (Å²) < 4.78 is 0. The summed E-state index contributed by atoms with van der Waals surface area (Å²) >= 11 is 1.54. The van der Waals surface area contributed by atoms with Gasteiger partial charge in [0.05, 0.1) is 11.0 Å². The quantitative estimate of drug-likeness (QED) is 0.795. The molecule has 0 atom stereocenters. The van der Waals surface area contributed by atoms with E-state index in [1.54, 1.807) is 11.3 Å². The Bertz CT molecular complexity index is 692. The van der Waals surface area contributed by atoms with Crippen LogP contribution in [0.1, 0.15) is 10.8 Å². The lowest BCUT2D eigenvalue weighted by molar-refractivity contribution is 1.01. The van der Waals surface area contributed by atoms with Crippen molar-refractivity contribution in [1.29, 1.82) is 0 Å². The number of anilines is 1. The Morgan fingerprint density at radius 2 is 2.00 bits per heavy atom. The molecule has 5 nitrogen and oxygen atoms in total. The summed E-state index contributed by atoms with van der Waals surface area (Å²) in [5, 5.41) is 9.95. The molecule has 2 aromatic heterocycles. The number of imidazole rings is 1. The number of para-hydroxylation sites is 2. The number of aromatic nitrogens is 4. The molecule has 1 N–H and O–H groups in total. The molecule has 0 saturated carbocycles. The Hall–Kier alpha value is -2.21. The van der Waals surface area contributed by atoms with Crippen LogP contribution in [0.5, 0.6) is 0 Å². The molecule has 0 radical (unpaired) electrons. The van der Waals surface area contributed by atoms with Crippen LogP contribution in [0.15, 0.2) is 24.3 Å². The van der Waals surface area contributed by atoms with Crippen LogP contribution >= 0.6 is 11.3 Å². The largest absolute Gasteiger partial charge is 0.353 e. The van der Waals surface area contributed by atoms with Crippen molar-refractivity contribution < 1.29 is 0 Å². The molecule has 1 aromatic carbocycles. The highest BCUT2D eigenvalue weighted by molar-refractivity contribution is 7.16. The van der Waals surface area contributed by atoms with Crippen molar-refractivity contribution in [2.45, 2.75) is 0 Å². The maximum absolute atomic E-state index is 4.47. The summed E-state index contributed by atoms with van der Waals surface area (Å²) in [5.74, 6) is 0.822. The lowest BCUT2D eigenvalue weighted by Gasteiger charge is -2.03. The first-order valence-corrected chi connectivity index (χ1v) is 6.68. The third-order valence-corrected chi connectivity index (χ3v) is 3.66. The lowest BCUT2D eigenvalue weighted by atomic mass is 10.3. The average molecular weight is 271 g/mol. The van der Waals surface area contributed by atoms with Gasteiger partial charge in [-0.3, -0.25) is 0 Å². The van der Waals surface area contributed by atoms with Gasteiger partial charge in [0.15, 0.2) is 0 Å². The van der Waals surface area contributed by atoms with Crippen LogP contribution in [0.4, 0.5) is 5.13 Å². The molecule has 0 aliphatic heterocycles. The summed E-state index contributed by atoms with van der Waals surface area (Å²) in [4.78, 5) is 9.66. The summed E-state index contributed by atoms with van der Waals surface area (Å²) in [7, 11) is 3.90. The molecule has 6 heteroatoms. The number of hydrogen-bond donors (Lipinski definition) is 1. The molecular formula is C13H13N5S. The normalized spacial score (nSPS) is 11.5. The van der Waals surface area contributed by atoms with Crippen LogP contribution in [0.3, 0.4) is 0 Å². The second kappa shape index (κ2) is 4.81. The summed E-state index contributed by atoms with van der Waals surface area (Å²) in [6, 6.07) is 7.96. The van der Waals surface area contributed by atoms with Gasteiger partial charge in [-0.2, -0.15) is 0 Å². The monoisotopic (exact) mass is 271 g/mol. The highest BCUT2D eigenvalue weighted by Gasteiger charge is 2.03. The van der Waals surface area contributed by atoms with Crippen LogP contribution in [-0.4, -0.2) is 34.3 Å². The molecule has 0 bridgehead atoms. The zero-order valence-corrected chi connectivity index (χ0v) is 11.5. The third kappa shape index (κ3) is 2.48. The highest BCUT2D eigenvalue weighted by Crippen LogP contribution is 2.19. The van der Waals surface area contributed by atoms with Gasteiger partial charge in [0.25, 0.3) is 0 Å². The van der Waals surface area contributed by atoms with E-state index in [-0.39, 0.29) is 0 Å². The van der Waals surface area contributed by atoms with E-state index in [0.717, 1.165) is 27.0 Å². The Kier molecular flexibility index (Phi) is 3.00. The van der Waals surface area contributed by atoms with Crippen molar-refractivity contribution in [2.24, 2.45) is 0 Å². The zero-order chi connectivity index (χ0) is 13.2. The molecule has 0 fully saturated rings. The van der Waals surface area contributed by atoms with Gasteiger partial charge < -0.3 is 9.88 Å². The minimum atomic E-state index is 0.822. The Morgan fingerprint density at radius 1 is 1.16 bits per heavy atom. The molecular weight excluding hydrogens is 258 g/mol. The van der Waals surface area contributed by atoms with Gasteiger partial charge in [-0.15, -0.1) is 10.2 Å². The molecule has 0 aliphatic carbocycles. The van der Waals surface area contributed by atoms with Crippen molar-refractivity contribution in [3.63, 3.8) is 0 Å². The fraction of sp³-hybridized carbons (Fsp3) is 0.154. The van der Waals surface area contributed by atoms with E-state index < -0.39 is 0 Å². The predicted molar refractivity (Wildman–Crippen MR) is 79.3 cm³/mol. The fourth-order valence-corrected chi connectivity index (χ4v) is 2.35. The van der Waals surface area contributed by atoms with Crippen LogP contribution < -0.4 is 4.90 Å². The van der Waals surface area contributed by atoms with Crippen LogP contribution in [-0.2, 0) is 0 Å². The average Bonchev–Trinajstić information content (AvgIpc) is 3.02. The van der Waals surface area contributed by atoms with Crippen molar-refractivity contribution in [1.82, 2.24) is 20.2 Å². The van der Waals surface area contributed by atoms with E-state index >= 15 is 0 Å². The van der Waals surface area contributed by atoms with E-state index in [2.05, 4.69) is 20.2 Å². The van der Waals surface area contributed by atoms with Gasteiger partial charge in [0.2, 0.25) is 5.13 Å². The van der Waals surface area contributed by atoms with E-state index in [1.165, 1.54) is 0 Å². The molecule has 3 aromatic rings. The topological polar surface area (TPSA) is 57.7 Å². The molecule has 3 rings (SSSR count). The highest BCUT2D eigenvalue weighted by atomic mass is 32.1. The Morgan fingerprint density at radius 3 is 2.74 bits per heavy atom. The molecule has 2 heterocycles. The van der Waals surface area contributed by atoms with Crippen LogP contribution in [0.25, 0.3) is 23.2 Å². The number of rotatable bonds is 3. The number of fused-ring (bicyclic) bond motifs is 1. The van der Waals surface area contributed by atoms with E-state index in [4.69, 9.17) is 0 Å². The second-order valence-corrected chi connectivity index (χ2v) is 5.28. The van der Waals surface area contributed by atoms with Crippen molar-refractivity contribution in [3.05, 3.63) is 35.1 Å². The Labute approximate surface area is 114 Å². The first-order chi connectivity index (χ1) is 9.22. The maximum Gasteiger partial charge on any atom is 0.208 e. The second-order valence-electron chi connectivity index (χ2n) is 4.29. The molecule has 19 heavy (non-hydrogen) atoms. The van der Waals surface area contributed by atoms with Gasteiger partial charge in [0, 0.05) is 14.1 Å². The number of aromatic amines is 1. The minimum Gasteiger partial charge on any atom is -0.353 e. The zero-order valence-electron chi connectivity index (χ0n) is 10.7. The molecule has 0 unspecified atom stereocenters. The molecule has 0 saturated heterocycles. The van der Waals surface area contributed by atoms with Gasteiger partial charge in [0.1, 0.15) is 10.8 Å². The Balaban J connectivity index is 1.84. The molecule has 0 aliphatic rings. The van der Waals surface area contributed by atoms with Crippen molar-refractivity contribution >= 4 is 39.7 Å². The van der Waals surface area contributed by atoms with Gasteiger partial charge in [-0.05, 0) is 24.3 Å². The maximum atomic E-state index is 4.47. The number of nitrogens with one attached hydrogen (secondary N) is 1. The lowest BCUT2D eigenvalue weighted by Crippen LogP contribution is -2.07. The minimum absolute atomic E-state index is 0.822. The molecule has 96 valence electrons. The van der Waals surface area contributed by atoms with Crippen LogP contribution in [0.2, 0.25) is 0 Å². The van der Waals surface area contributed by atoms with E-state index in [9.17, 15) is 0 Å². The predicted octanol–water partition coefficient (Wildman–Crippen LogP) is 2.65. The van der Waals surface area contributed by atoms with Crippen molar-refractivity contribution in [3.8, 4) is 0 Å². The summed E-state index contributed by atoms with van der Waals surface area (Å²) in [6.45, 7) is 0. The third-order valence-electron chi connectivity index (χ3n) is 2.60. The molecule has 0 spiro atoms. The number of benzene rings is 1. The number of nitrogens with zero attached hydrogens (tertiary/aromatic N) is 4.